The van der Waals surface area contributed by atoms with Crippen molar-refractivity contribution in [2.75, 3.05) is 0 Å². The van der Waals surface area contributed by atoms with Crippen LogP contribution in [0, 0.1) is 0 Å². The smallest absolute Gasteiger partial charge is 0.130 e. The van der Waals surface area contributed by atoms with Gasteiger partial charge in [-0.3, -0.25) is 0 Å². The molecule has 24 heavy (non-hydrogen) atoms. The summed E-state index contributed by atoms with van der Waals surface area (Å²) in [5.41, 5.74) is 4.45. The second kappa shape index (κ2) is 7.98. The number of benzene rings is 3. The van der Waals surface area contributed by atoms with Crippen LogP contribution in [0.2, 0.25) is 0 Å². The van der Waals surface area contributed by atoms with Crippen molar-refractivity contribution in [1.82, 2.24) is 0 Å². The van der Waals surface area contributed by atoms with Crippen molar-refractivity contribution in [3.63, 3.8) is 0 Å². The minimum absolute atomic E-state index is 0.788. The van der Waals surface area contributed by atoms with E-state index in [0.717, 1.165) is 34.4 Å². The summed E-state index contributed by atoms with van der Waals surface area (Å²) in [6, 6.07) is 28.6. The number of ether oxygens (including phenoxy) is 1. The number of hydrogen-bond acceptors (Lipinski definition) is 1. The Morgan fingerprint density at radius 3 is 1.88 bits per heavy atom. The molecule has 0 atom stereocenters. The zero-order valence-corrected chi connectivity index (χ0v) is 13.6. The van der Waals surface area contributed by atoms with Gasteiger partial charge in [0.25, 0.3) is 0 Å². The molecule has 0 radical (unpaired) electrons. The van der Waals surface area contributed by atoms with Crippen molar-refractivity contribution >= 4 is 5.57 Å². The summed E-state index contributed by atoms with van der Waals surface area (Å²) in [6.45, 7) is 3.82. The third-order valence-electron chi connectivity index (χ3n) is 3.81. The van der Waals surface area contributed by atoms with Crippen LogP contribution in [0.4, 0.5) is 0 Å². The molecule has 0 bridgehead atoms. The van der Waals surface area contributed by atoms with Crippen LogP contribution >= 0.6 is 0 Å². The lowest BCUT2D eigenvalue weighted by molar-refractivity contribution is 0.478. The second-order valence-electron chi connectivity index (χ2n) is 5.48. The number of para-hydroxylation sites is 1. The summed E-state index contributed by atoms with van der Waals surface area (Å²) in [7, 11) is 0. The first-order valence-corrected chi connectivity index (χ1v) is 8.05. The minimum atomic E-state index is 0.788. The fourth-order valence-corrected chi connectivity index (χ4v) is 2.60. The Morgan fingerprint density at radius 2 is 1.29 bits per heavy atom. The third kappa shape index (κ3) is 3.82. The molecule has 3 aromatic carbocycles. The van der Waals surface area contributed by atoms with Crippen LogP contribution in [0.1, 0.15) is 16.7 Å². The van der Waals surface area contributed by atoms with Gasteiger partial charge >= 0.3 is 0 Å². The molecule has 0 aliphatic carbocycles. The summed E-state index contributed by atoms with van der Waals surface area (Å²) in [5.74, 6) is 0.863. The van der Waals surface area contributed by atoms with E-state index < -0.39 is 0 Å². The Balaban J connectivity index is 1.98. The summed E-state index contributed by atoms with van der Waals surface area (Å²) in [6.07, 6.45) is 4.52. The van der Waals surface area contributed by atoms with Gasteiger partial charge < -0.3 is 4.74 Å². The van der Waals surface area contributed by atoms with Gasteiger partial charge in [-0.1, -0.05) is 84.9 Å². The largest absolute Gasteiger partial charge is 0.464 e. The minimum Gasteiger partial charge on any atom is -0.464 e. The summed E-state index contributed by atoms with van der Waals surface area (Å²) >= 11 is 0. The molecule has 1 nitrogen and oxygen atoms in total. The number of allylic oxidation sites excluding steroid dienone is 1. The highest BCUT2D eigenvalue weighted by Gasteiger charge is 2.06. The lowest BCUT2D eigenvalue weighted by Gasteiger charge is -2.11. The van der Waals surface area contributed by atoms with Crippen LogP contribution in [0.5, 0.6) is 5.75 Å². The molecule has 3 aromatic rings. The zero-order chi connectivity index (χ0) is 16.6. The molecular weight excluding hydrogens is 292 g/mol. The van der Waals surface area contributed by atoms with Crippen molar-refractivity contribution in [3.05, 3.63) is 121 Å². The van der Waals surface area contributed by atoms with E-state index >= 15 is 0 Å². The van der Waals surface area contributed by atoms with Gasteiger partial charge in [0.1, 0.15) is 5.75 Å². The topological polar surface area (TPSA) is 9.23 Å². The summed E-state index contributed by atoms with van der Waals surface area (Å²) < 4.78 is 6.05. The molecule has 0 fully saturated rings. The van der Waals surface area contributed by atoms with Crippen molar-refractivity contribution < 1.29 is 4.74 Å². The third-order valence-corrected chi connectivity index (χ3v) is 3.81. The number of hydrogen-bond donors (Lipinski definition) is 0. The fourth-order valence-electron chi connectivity index (χ4n) is 2.60. The maximum absolute atomic E-state index is 6.05. The predicted octanol–water partition coefficient (Wildman–Crippen LogP) is 5.88. The van der Waals surface area contributed by atoms with Gasteiger partial charge in [0.05, 0.1) is 6.26 Å². The van der Waals surface area contributed by atoms with Crippen LogP contribution in [0.3, 0.4) is 0 Å². The molecule has 118 valence electrons. The van der Waals surface area contributed by atoms with Gasteiger partial charge in [-0.25, -0.2) is 0 Å². The fraction of sp³-hybridized carbons (Fsp3) is 0.0435. The highest BCUT2D eigenvalue weighted by molar-refractivity contribution is 5.79. The summed E-state index contributed by atoms with van der Waals surface area (Å²) in [4.78, 5) is 0. The first-order chi connectivity index (χ1) is 11.9. The van der Waals surface area contributed by atoms with E-state index in [1.54, 1.807) is 0 Å². The van der Waals surface area contributed by atoms with Crippen molar-refractivity contribution in [2.45, 2.75) is 6.42 Å². The second-order valence-corrected chi connectivity index (χ2v) is 5.48. The highest BCUT2D eigenvalue weighted by atomic mass is 16.5. The van der Waals surface area contributed by atoms with Crippen LogP contribution in [0.25, 0.3) is 5.57 Å². The molecule has 0 heterocycles. The molecule has 0 spiro atoms. The van der Waals surface area contributed by atoms with E-state index in [4.69, 9.17) is 4.74 Å². The Labute approximate surface area is 143 Å². The monoisotopic (exact) mass is 312 g/mol. The van der Waals surface area contributed by atoms with Gasteiger partial charge in [-0.15, -0.1) is 6.58 Å². The van der Waals surface area contributed by atoms with Gasteiger partial charge in [0.2, 0.25) is 0 Å². The van der Waals surface area contributed by atoms with Crippen molar-refractivity contribution in [2.24, 2.45) is 0 Å². The van der Waals surface area contributed by atoms with Crippen molar-refractivity contribution in [3.8, 4) is 5.75 Å². The van der Waals surface area contributed by atoms with Gasteiger partial charge in [-0.05, 0) is 29.2 Å². The van der Waals surface area contributed by atoms with E-state index in [-0.39, 0.29) is 0 Å². The van der Waals surface area contributed by atoms with Crippen LogP contribution < -0.4 is 4.74 Å². The van der Waals surface area contributed by atoms with E-state index in [2.05, 4.69) is 36.9 Å². The molecule has 0 N–H and O–H groups in total. The molecule has 0 aliphatic rings. The first kappa shape index (κ1) is 15.8. The maximum atomic E-state index is 6.05. The molecule has 0 unspecified atom stereocenters. The van der Waals surface area contributed by atoms with E-state index in [0.29, 0.717) is 0 Å². The maximum Gasteiger partial charge on any atom is 0.130 e. The van der Waals surface area contributed by atoms with E-state index in [9.17, 15) is 0 Å². The van der Waals surface area contributed by atoms with E-state index in [1.165, 1.54) is 0 Å². The predicted molar refractivity (Wildman–Crippen MR) is 101 cm³/mol. The normalized spacial score (nSPS) is 10.0. The quantitative estimate of drug-likeness (QED) is 0.408. The first-order valence-electron chi connectivity index (χ1n) is 8.05. The van der Waals surface area contributed by atoms with Crippen LogP contribution in [-0.2, 0) is 6.42 Å². The molecule has 0 saturated carbocycles. The van der Waals surface area contributed by atoms with Gasteiger partial charge in [0, 0.05) is 5.57 Å². The van der Waals surface area contributed by atoms with Crippen LogP contribution in [-0.4, -0.2) is 0 Å². The van der Waals surface area contributed by atoms with Crippen LogP contribution in [0.15, 0.2) is 104 Å². The Bertz CT molecular complexity index is 775. The lowest BCUT2D eigenvalue weighted by Crippen LogP contribution is -1.94. The zero-order valence-electron chi connectivity index (χ0n) is 13.6. The van der Waals surface area contributed by atoms with Gasteiger partial charge in [0.15, 0.2) is 0 Å². The number of rotatable bonds is 6. The standard InChI is InChI=1S/C23H20O/c1-2-11-21-16-9-10-17-23(21)24-18-22(19-12-5-3-6-13-19)20-14-7-4-8-15-20/h2-10,12-18H,1,11H2. The Hall–Kier alpha value is -3.06. The Kier molecular flexibility index (Phi) is 5.26. The Morgan fingerprint density at radius 1 is 0.750 bits per heavy atom. The lowest BCUT2D eigenvalue weighted by atomic mass is 9.99. The average Bonchev–Trinajstić information content (AvgIpc) is 2.65. The van der Waals surface area contributed by atoms with E-state index in [1.807, 2.05) is 66.9 Å². The molecular formula is C23H20O. The average molecular weight is 312 g/mol. The van der Waals surface area contributed by atoms with Crippen molar-refractivity contribution in [1.29, 1.82) is 0 Å². The summed E-state index contributed by atoms with van der Waals surface area (Å²) in [5, 5.41) is 0. The molecule has 0 aromatic heterocycles. The molecule has 3 rings (SSSR count). The molecule has 0 aliphatic heterocycles. The molecule has 1 heteroatoms. The molecule has 0 saturated heterocycles. The van der Waals surface area contributed by atoms with Gasteiger partial charge in [-0.2, -0.15) is 0 Å². The highest BCUT2D eigenvalue weighted by Crippen LogP contribution is 2.25. The molecule has 0 amide bonds. The SMILES string of the molecule is C=CCc1ccccc1OC=C(c1ccccc1)c1ccccc1.